The third-order valence-corrected chi connectivity index (χ3v) is 8.54. The quantitative estimate of drug-likeness (QED) is 0.267. The molecule has 0 atom stereocenters. The highest BCUT2D eigenvalue weighted by molar-refractivity contribution is 7.92. The fourth-order valence-electron chi connectivity index (χ4n) is 4.83. The first-order chi connectivity index (χ1) is 18.1. The second kappa shape index (κ2) is 8.18. The third-order valence-electron chi connectivity index (χ3n) is 6.67. The van der Waals surface area contributed by atoms with Crippen LogP contribution in [-0.4, -0.2) is 23.4 Å². The molecule has 1 aromatic heterocycles. The van der Waals surface area contributed by atoms with E-state index in [1.165, 1.54) is 0 Å². The van der Waals surface area contributed by atoms with Crippen molar-refractivity contribution in [2.75, 3.05) is 0 Å². The average Bonchev–Trinajstić information content (AvgIpc) is 3.19. The zero-order chi connectivity index (χ0) is 25.0. The van der Waals surface area contributed by atoms with Crippen molar-refractivity contribution in [2.45, 2.75) is 9.79 Å². The van der Waals surface area contributed by atoms with Gasteiger partial charge in [0.2, 0.25) is 9.84 Å². The molecule has 6 heteroatoms. The van der Waals surface area contributed by atoms with Crippen LogP contribution in [0.2, 0.25) is 0 Å². The first-order valence-electron chi connectivity index (χ1n) is 11.9. The van der Waals surface area contributed by atoms with Gasteiger partial charge in [-0.3, -0.25) is 0 Å². The number of benzene rings is 5. The predicted molar refractivity (Wildman–Crippen MR) is 145 cm³/mol. The van der Waals surface area contributed by atoms with E-state index in [0.717, 1.165) is 27.5 Å². The molecule has 0 fully saturated rings. The van der Waals surface area contributed by atoms with Crippen LogP contribution in [0.25, 0.3) is 56.1 Å². The lowest BCUT2D eigenvalue weighted by Crippen LogP contribution is -2.01. The molecule has 1 aliphatic rings. The van der Waals surface area contributed by atoms with Crippen molar-refractivity contribution in [1.82, 2.24) is 15.0 Å². The van der Waals surface area contributed by atoms with Crippen LogP contribution in [0, 0.1) is 0 Å². The second-order valence-electron chi connectivity index (χ2n) is 8.94. The molecule has 1 aliphatic heterocycles. The molecule has 2 heterocycles. The second-order valence-corrected chi connectivity index (χ2v) is 10.8. The molecule has 5 nitrogen and oxygen atoms in total. The predicted octanol–water partition coefficient (Wildman–Crippen LogP) is 6.84. The minimum Gasteiger partial charge on any atom is -0.218 e. The highest BCUT2D eigenvalue weighted by atomic mass is 32.2. The lowest BCUT2D eigenvalue weighted by Gasteiger charge is -2.10. The number of rotatable bonds is 3. The van der Waals surface area contributed by atoms with Crippen molar-refractivity contribution in [1.29, 1.82) is 0 Å². The van der Waals surface area contributed by atoms with E-state index in [9.17, 15) is 8.42 Å². The van der Waals surface area contributed by atoms with Gasteiger partial charge in [0.05, 0.1) is 9.79 Å². The fraction of sp³-hybridized carbons (Fsp3) is 0. The molecule has 6 aromatic rings. The summed E-state index contributed by atoms with van der Waals surface area (Å²) < 4.78 is 26.1. The van der Waals surface area contributed by atoms with Crippen LogP contribution in [0.15, 0.2) is 125 Å². The summed E-state index contributed by atoms with van der Waals surface area (Å²) in [6.45, 7) is 0. The zero-order valence-corrected chi connectivity index (χ0v) is 20.4. The van der Waals surface area contributed by atoms with Gasteiger partial charge in [-0.05, 0) is 41.1 Å². The third kappa shape index (κ3) is 3.53. The molecule has 0 aliphatic carbocycles. The normalized spacial score (nSPS) is 13.3. The molecule has 176 valence electrons. The van der Waals surface area contributed by atoms with Crippen molar-refractivity contribution in [3.8, 4) is 45.3 Å². The molecule has 0 saturated heterocycles. The molecule has 0 amide bonds. The molecule has 37 heavy (non-hydrogen) atoms. The Morgan fingerprint density at radius 3 is 1.78 bits per heavy atom. The van der Waals surface area contributed by atoms with Crippen molar-refractivity contribution in [3.63, 3.8) is 0 Å². The van der Waals surface area contributed by atoms with Gasteiger partial charge < -0.3 is 0 Å². The van der Waals surface area contributed by atoms with E-state index in [4.69, 9.17) is 15.0 Å². The highest BCUT2D eigenvalue weighted by Gasteiger charge is 2.32. The summed E-state index contributed by atoms with van der Waals surface area (Å²) in [7, 11) is -3.54. The van der Waals surface area contributed by atoms with Crippen LogP contribution in [0.3, 0.4) is 0 Å². The average molecular weight is 498 g/mol. The Balaban J connectivity index is 1.44. The first kappa shape index (κ1) is 21.6. The number of hydrogen-bond donors (Lipinski definition) is 0. The van der Waals surface area contributed by atoms with Crippen molar-refractivity contribution >= 4 is 20.6 Å². The van der Waals surface area contributed by atoms with E-state index in [-0.39, 0.29) is 0 Å². The summed E-state index contributed by atoms with van der Waals surface area (Å²) in [6.07, 6.45) is 0. The molecular formula is C31H19N3O2S. The van der Waals surface area contributed by atoms with Crippen LogP contribution in [0.5, 0.6) is 0 Å². The lowest BCUT2D eigenvalue weighted by molar-refractivity contribution is 0.598. The van der Waals surface area contributed by atoms with E-state index in [1.807, 2.05) is 66.7 Å². The monoisotopic (exact) mass is 497 g/mol. The summed E-state index contributed by atoms with van der Waals surface area (Å²) in [5, 5.41) is 2.24. The maximum absolute atomic E-state index is 13.1. The molecule has 7 rings (SSSR count). The van der Waals surface area contributed by atoms with E-state index in [2.05, 4.69) is 24.3 Å². The minimum atomic E-state index is -3.54. The SMILES string of the molecule is O=S1(=O)c2ccccc2-c2cc(-c3nc(-c4ccccc4)nc(-c4ccc5ccccc5c4)n3)ccc21. The Kier molecular flexibility index (Phi) is 4.77. The number of fused-ring (bicyclic) bond motifs is 4. The van der Waals surface area contributed by atoms with E-state index >= 15 is 0 Å². The van der Waals surface area contributed by atoms with E-state index in [0.29, 0.717) is 38.4 Å². The topological polar surface area (TPSA) is 72.8 Å². The molecule has 0 spiro atoms. The fourth-order valence-corrected chi connectivity index (χ4v) is 6.50. The van der Waals surface area contributed by atoms with E-state index in [1.54, 1.807) is 24.3 Å². The maximum atomic E-state index is 13.1. The lowest BCUT2D eigenvalue weighted by atomic mass is 10.0. The van der Waals surface area contributed by atoms with Gasteiger partial charge in [0.1, 0.15) is 0 Å². The molecular weight excluding hydrogens is 478 g/mol. The Hall–Kier alpha value is -4.68. The van der Waals surface area contributed by atoms with Crippen molar-refractivity contribution < 1.29 is 8.42 Å². The van der Waals surface area contributed by atoms with Crippen molar-refractivity contribution in [3.05, 3.63) is 115 Å². The van der Waals surface area contributed by atoms with Gasteiger partial charge in [-0.2, -0.15) is 0 Å². The molecule has 0 bridgehead atoms. The smallest absolute Gasteiger partial charge is 0.207 e. The number of sulfone groups is 1. The molecule has 0 unspecified atom stereocenters. The molecule has 0 saturated carbocycles. The van der Waals surface area contributed by atoms with Gasteiger partial charge in [0.25, 0.3) is 0 Å². The van der Waals surface area contributed by atoms with Crippen LogP contribution < -0.4 is 0 Å². The number of nitrogens with zero attached hydrogens (tertiary/aromatic N) is 3. The van der Waals surface area contributed by atoms with Gasteiger partial charge in [-0.25, -0.2) is 23.4 Å². The minimum absolute atomic E-state index is 0.310. The first-order valence-corrected chi connectivity index (χ1v) is 13.4. The van der Waals surface area contributed by atoms with Crippen LogP contribution in [0.4, 0.5) is 0 Å². The van der Waals surface area contributed by atoms with Crippen LogP contribution >= 0.6 is 0 Å². The summed E-state index contributed by atoms with van der Waals surface area (Å²) in [4.78, 5) is 15.1. The number of aromatic nitrogens is 3. The summed E-state index contributed by atoms with van der Waals surface area (Å²) in [5.41, 5.74) is 3.86. The van der Waals surface area contributed by atoms with E-state index < -0.39 is 9.84 Å². The zero-order valence-electron chi connectivity index (χ0n) is 19.5. The Bertz CT molecular complexity index is 1950. The van der Waals surface area contributed by atoms with Gasteiger partial charge in [0.15, 0.2) is 17.5 Å². The van der Waals surface area contributed by atoms with Gasteiger partial charge in [-0.1, -0.05) is 84.9 Å². The standard InChI is InChI=1S/C31H19N3O2S/c35-37(36)27-13-7-6-12-25(27)26-19-24(16-17-28(26)37)31-33-29(21-9-2-1-3-10-21)32-30(34-31)23-15-14-20-8-4-5-11-22(20)18-23/h1-19H. The Labute approximate surface area is 214 Å². The van der Waals surface area contributed by atoms with Crippen LogP contribution in [-0.2, 0) is 9.84 Å². The number of hydrogen-bond acceptors (Lipinski definition) is 5. The molecule has 5 aromatic carbocycles. The highest BCUT2D eigenvalue weighted by Crippen LogP contribution is 2.44. The van der Waals surface area contributed by atoms with Crippen LogP contribution in [0.1, 0.15) is 0 Å². The molecule has 0 radical (unpaired) electrons. The molecule has 0 N–H and O–H groups in total. The Morgan fingerprint density at radius 2 is 1.00 bits per heavy atom. The largest absolute Gasteiger partial charge is 0.218 e. The summed E-state index contributed by atoms with van der Waals surface area (Å²) >= 11 is 0. The summed E-state index contributed by atoms with van der Waals surface area (Å²) in [5.74, 6) is 1.60. The van der Waals surface area contributed by atoms with Crippen molar-refractivity contribution in [2.24, 2.45) is 0 Å². The van der Waals surface area contributed by atoms with Gasteiger partial charge in [0, 0.05) is 27.8 Å². The van der Waals surface area contributed by atoms with Gasteiger partial charge in [-0.15, -0.1) is 0 Å². The summed E-state index contributed by atoms with van der Waals surface area (Å²) in [6, 6.07) is 36.5. The Morgan fingerprint density at radius 1 is 0.432 bits per heavy atom. The maximum Gasteiger partial charge on any atom is 0.207 e. The van der Waals surface area contributed by atoms with Gasteiger partial charge >= 0.3 is 0 Å².